The summed E-state index contributed by atoms with van der Waals surface area (Å²) in [4.78, 5) is 15.0. The van der Waals surface area contributed by atoms with Gasteiger partial charge in [0.1, 0.15) is 21.6 Å². The molecule has 0 aliphatic carbocycles. The molecule has 0 saturated carbocycles. The van der Waals surface area contributed by atoms with Crippen molar-refractivity contribution < 1.29 is 0 Å². The standard InChI is InChI=1S/C6H3ClIN3O/c7-5-4(8)6(12)11(2-1-9)3-10-5/h3H,2H2. The van der Waals surface area contributed by atoms with Crippen molar-refractivity contribution in [2.24, 2.45) is 0 Å². The molecule has 1 heterocycles. The highest BCUT2D eigenvalue weighted by Crippen LogP contribution is 2.08. The summed E-state index contributed by atoms with van der Waals surface area (Å²) < 4.78 is 1.54. The molecular weight excluding hydrogens is 292 g/mol. The van der Waals surface area contributed by atoms with E-state index in [4.69, 9.17) is 16.9 Å². The third kappa shape index (κ3) is 1.76. The maximum atomic E-state index is 11.3. The number of aromatic nitrogens is 2. The van der Waals surface area contributed by atoms with E-state index in [0.717, 1.165) is 0 Å². The van der Waals surface area contributed by atoms with Crippen molar-refractivity contribution in [2.45, 2.75) is 6.54 Å². The maximum Gasteiger partial charge on any atom is 0.269 e. The second-order valence-electron chi connectivity index (χ2n) is 1.94. The highest BCUT2D eigenvalue weighted by atomic mass is 127. The smallest absolute Gasteiger partial charge is 0.269 e. The first-order valence-corrected chi connectivity index (χ1v) is 4.40. The van der Waals surface area contributed by atoms with E-state index in [1.165, 1.54) is 10.9 Å². The number of hydrogen-bond donors (Lipinski definition) is 0. The van der Waals surface area contributed by atoms with Gasteiger partial charge in [-0.3, -0.25) is 9.36 Å². The van der Waals surface area contributed by atoms with Crippen molar-refractivity contribution >= 4 is 34.2 Å². The Hall–Kier alpha value is -0.610. The first-order valence-electron chi connectivity index (χ1n) is 2.94. The molecule has 0 N–H and O–H groups in total. The summed E-state index contributed by atoms with van der Waals surface area (Å²) in [6, 6.07) is 1.85. The van der Waals surface area contributed by atoms with Gasteiger partial charge in [-0.1, -0.05) is 11.6 Å². The van der Waals surface area contributed by atoms with Gasteiger partial charge in [0.05, 0.1) is 6.07 Å². The Bertz CT molecular complexity index is 395. The van der Waals surface area contributed by atoms with Crippen molar-refractivity contribution in [3.63, 3.8) is 0 Å². The van der Waals surface area contributed by atoms with Crippen LogP contribution in [0.15, 0.2) is 11.1 Å². The summed E-state index contributed by atoms with van der Waals surface area (Å²) in [5.41, 5.74) is -0.280. The average molecular weight is 295 g/mol. The molecule has 0 aromatic carbocycles. The largest absolute Gasteiger partial charge is 0.284 e. The molecule has 0 fully saturated rings. The van der Waals surface area contributed by atoms with Crippen LogP contribution in [0.4, 0.5) is 0 Å². The van der Waals surface area contributed by atoms with Gasteiger partial charge in [-0.15, -0.1) is 0 Å². The van der Waals surface area contributed by atoms with Gasteiger partial charge in [0.25, 0.3) is 5.56 Å². The van der Waals surface area contributed by atoms with E-state index in [1.807, 2.05) is 6.07 Å². The zero-order chi connectivity index (χ0) is 9.14. The highest BCUT2D eigenvalue weighted by molar-refractivity contribution is 14.1. The topological polar surface area (TPSA) is 58.7 Å². The molecule has 0 radical (unpaired) electrons. The SMILES string of the molecule is N#CCn1cnc(Cl)c(I)c1=O. The molecule has 0 saturated heterocycles. The Morgan fingerprint density at radius 3 is 3.08 bits per heavy atom. The molecule has 0 atom stereocenters. The number of halogens is 2. The van der Waals surface area contributed by atoms with Gasteiger partial charge in [-0.05, 0) is 22.6 Å². The van der Waals surface area contributed by atoms with E-state index in [-0.39, 0.29) is 17.3 Å². The summed E-state index contributed by atoms with van der Waals surface area (Å²) in [5.74, 6) is 0. The van der Waals surface area contributed by atoms with Crippen LogP contribution in [0, 0.1) is 14.9 Å². The predicted molar refractivity (Wildman–Crippen MR) is 51.8 cm³/mol. The molecule has 0 aliphatic rings. The molecule has 0 unspecified atom stereocenters. The molecular formula is C6H3ClIN3O. The molecule has 0 aliphatic heterocycles. The zero-order valence-electron chi connectivity index (χ0n) is 5.79. The lowest BCUT2D eigenvalue weighted by Crippen LogP contribution is -2.22. The molecule has 4 nitrogen and oxygen atoms in total. The molecule has 12 heavy (non-hydrogen) atoms. The summed E-state index contributed by atoms with van der Waals surface area (Å²) in [5, 5.41) is 8.51. The van der Waals surface area contributed by atoms with Crippen molar-refractivity contribution in [1.29, 1.82) is 5.26 Å². The lowest BCUT2D eigenvalue weighted by atomic mass is 10.6. The number of nitriles is 1. The van der Waals surface area contributed by atoms with Crippen LogP contribution in [0.3, 0.4) is 0 Å². The van der Waals surface area contributed by atoms with Gasteiger partial charge in [0, 0.05) is 0 Å². The molecule has 1 aromatic heterocycles. The minimum Gasteiger partial charge on any atom is -0.284 e. The fraction of sp³-hybridized carbons (Fsp3) is 0.167. The van der Waals surface area contributed by atoms with Crippen LogP contribution in [-0.4, -0.2) is 9.55 Å². The number of nitrogens with zero attached hydrogens (tertiary/aromatic N) is 3. The second kappa shape index (κ2) is 3.87. The number of hydrogen-bond acceptors (Lipinski definition) is 3. The summed E-state index contributed by atoms with van der Waals surface area (Å²) in [7, 11) is 0. The lowest BCUT2D eigenvalue weighted by Gasteiger charge is -1.99. The maximum absolute atomic E-state index is 11.3. The molecule has 1 aromatic rings. The Morgan fingerprint density at radius 1 is 1.83 bits per heavy atom. The van der Waals surface area contributed by atoms with Gasteiger partial charge < -0.3 is 0 Å². The lowest BCUT2D eigenvalue weighted by molar-refractivity contribution is 0.755. The third-order valence-corrected chi connectivity index (χ3v) is 2.76. The Labute approximate surface area is 86.9 Å². The Balaban J connectivity index is 3.29. The van der Waals surface area contributed by atoms with E-state index in [2.05, 4.69) is 4.98 Å². The van der Waals surface area contributed by atoms with Crippen LogP contribution < -0.4 is 5.56 Å². The average Bonchev–Trinajstić information content (AvgIpc) is 2.07. The molecule has 1 rings (SSSR count). The van der Waals surface area contributed by atoms with E-state index in [1.54, 1.807) is 22.6 Å². The van der Waals surface area contributed by atoms with Gasteiger partial charge in [0.2, 0.25) is 0 Å². The summed E-state index contributed by atoms with van der Waals surface area (Å²) in [6.45, 7) is -0.000988. The fourth-order valence-corrected chi connectivity index (χ4v) is 1.21. The zero-order valence-corrected chi connectivity index (χ0v) is 8.70. The van der Waals surface area contributed by atoms with Gasteiger partial charge in [0.15, 0.2) is 0 Å². The quantitative estimate of drug-likeness (QED) is 0.574. The van der Waals surface area contributed by atoms with Crippen molar-refractivity contribution in [3.8, 4) is 6.07 Å². The first-order chi connectivity index (χ1) is 5.66. The van der Waals surface area contributed by atoms with Gasteiger partial charge in [-0.2, -0.15) is 5.26 Å². The molecule has 62 valence electrons. The van der Waals surface area contributed by atoms with Crippen molar-refractivity contribution in [2.75, 3.05) is 0 Å². The fourth-order valence-electron chi connectivity index (χ4n) is 0.633. The van der Waals surface area contributed by atoms with Crippen LogP contribution in [-0.2, 0) is 6.54 Å². The molecule has 6 heteroatoms. The van der Waals surface area contributed by atoms with E-state index < -0.39 is 0 Å². The summed E-state index contributed by atoms with van der Waals surface area (Å²) in [6.07, 6.45) is 1.26. The molecule has 0 amide bonds. The normalized spacial score (nSPS) is 9.42. The highest BCUT2D eigenvalue weighted by Gasteiger charge is 2.05. The number of rotatable bonds is 1. The minimum atomic E-state index is -0.280. The Kier molecular flexibility index (Phi) is 3.05. The third-order valence-electron chi connectivity index (χ3n) is 1.18. The van der Waals surface area contributed by atoms with E-state index >= 15 is 0 Å². The monoisotopic (exact) mass is 295 g/mol. The second-order valence-corrected chi connectivity index (χ2v) is 3.38. The van der Waals surface area contributed by atoms with E-state index in [9.17, 15) is 4.79 Å². The van der Waals surface area contributed by atoms with E-state index in [0.29, 0.717) is 3.57 Å². The molecule has 0 spiro atoms. The van der Waals surface area contributed by atoms with Gasteiger partial charge >= 0.3 is 0 Å². The van der Waals surface area contributed by atoms with Crippen LogP contribution in [0.2, 0.25) is 5.15 Å². The Morgan fingerprint density at radius 2 is 2.50 bits per heavy atom. The predicted octanol–water partition coefficient (Wildman–Crippen LogP) is 1.02. The minimum absolute atomic E-state index is 0.000988. The molecule has 0 bridgehead atoms. The van der Waals surface area contributed by atoms with Crippen molar-refractivity contribution in [3.05, 3.63) is 25.4 Å². The first kappa shape index (κ1) is 9.48. The van der Waals surface area contributed by atoms with Crippen LogP contribution >= 0.6 is 34.2 Å². The van der Waals surface area contributed by atoms with Crippen LogP contribution in [0.1, 0.15) is 0 Å². The van der Waals surface area contributed by atoms with Gasteiger partial charge in [-0.25, -0.2) is 4.98 Å². The summed E-state index contributed by atoms with van der Waals surface area (Å²) >= 11 is 7.37. The van der Waals surface area contributed by atoms with Crippen molar-refractivity contribution in [1.82, 2.24) is 9.55 Å². The van der Waals surface area contributed by atoms with Crippen LogP contribution in [0.25, 0.3) is 0 Å². The van der Waals surface area contributed by atoms with Crippen LogP contribution in [0.5, 0.6) is 0 Å².